The van der Waals surface area contributed by atoms with Crippen LogP contribution in [0.5, 0.6) is 0 Å². The monoisotopic (exact) mass is 273 g/mol. The Labute approximate surface area is 123 Å². The van der Waals surface area contributed by atoms with Crippen molar-refractivity contribution in [1.29, 1.82) is 0 Å². The van der Waals surface area contributed by atoms with E-state index in [0.29, 0.717) is 5.56 Å². The van der Waals surface area contributed by atoms with Gasteiger partial charge in [-0.3, -0.25) is 9.78 Å². The van der Waals surface area contributed by atoms with Gasteiger partial charge in [-0.25, -0.2) is 0 Å². The molecule has 2 nitrogen and oxygen atoms in total. The van der Waals surface area contributed by atoms with Crippen LogP contribution in [0.2, 0.25) is 0 Å². The van der Waals surface area contributed by atoms with Crippen molar-refractivity contribution in [1.82, 2.24) is 4.98 Å². The van der Waals surface area contributed by atoms with Gasteiger partial charge in [0.25, 0.3) is 0 Å². The smallest absolute Gasteiger partial charge is 0.188 e. The van der Waals surface area contributed by atoms with E-state index < -0.39 is 0 Å². The Morgan fingerprint density at radius 2 is 1.81 bits per heavy atom. The Hall–Kier alpha value is -2.74. The summed E-state index contributed by atoms with van der Waals surface area (Å²) in [7, 11) is 0. The number of rotatable bonds is 3. The number of fused-ring (bicyclic) bond motifs is 1. The number of aromatic nitrogens is 1. The van der Waals surface area contributed by atoms with Crippen molar-refractivity contribution in [3.05, 3.63) is 83.6 Å². The molecule has 0 aliphatic carbocycles. The molecule has 2 aromatic carbocycles. The van der Waals surface area contributed by atoms with Gasteiger partial charge in [-0.05, 0) is 36.3 Å². The molecule has 0 atom stereocenters. The Balaban J connectivity index is 1.97. The van der Waals surface area contributed by atoms with E-state index in [1.807, 2.05) is 67.6 Å². The van der Waals surface area contributed by atoms with E-state index in [9.17, 15) is 4.79 Å². The van der Waals surface area contributed by atoms with Crippen LogP contribution in [0.15, 0.2) is 66.9 Å². The molecule has 0 saturated heterocycles. The maximum atomic E-state index is 12.4. The second-order valence-electron chi connectivity index (χ2n) is 4.93. The minimum atomic E-state index is -0.0254. The topological polar surface area (TPSA) is 30.0 Å². The Kier molecular flexibility index (Phi) is 3.61. The van der Waals surface area contributed by atoms with Gasteiger partial charge in [0.2, 0.25) is 0 Å². The zero-order valence-corrected chi connectivity index (χ0v) is 11.8. The molecule has 1 aromatic heterocycles. The van der Waals surface area contributed by atoms with E-state index >= 15 is 0 Å². The molecule has 0 saturated carbocycles. The molecule has 0 fully saturated rings. The quantitative estimate of drug-likeness (QED) is 0.521. The molecule has 0 aliphatic heterocycles. The lowest BCUT2D eigenvalue weighted by atomic mass is 10.0. The largest absolute Gasteiger partial charge is 0.289 e. The zero-order chi connectivity index (χ0) is 14.7. The number of nitrogens with zero attached hydrogens (tertiary/aromatic N) is 1. The molecule has 3 rings (SSSR count). The fourth-order valence-electron chi connectivity index (χ4n) is 2.33. The van der Waals surface area contributed by atoms with Gasteiger partial charge in [0.1, 0.15) is 0 Å². The van der Waals surface area contributed by atoms with Crippen LogP contribution in [0, 0.1) is 6.92 Å². The first-order valence-electron chi connectivity index (χ1n) is 6.87. The summed E-state index contributed by atoms with van der Waals surface area (Å²) in [5, 5.41) is 0.979. The summed E-state index contributed by atoms with van der Waals surface area (Å²) in [6.45, 7) is 2.03. The number of allylic oxidation sites excluding steroid dienone is 1. The van der Waals surface area contributed by atoms with Crippen LogP contribution >= 0.6 is 0 Å². The lowest BCUT2D eigenvalue weighted by molar-refractivity contribution is 0.104. The molecule has 0 amide bonds. The molecule has 0 bridgehead atoms. The molecule has 0 N–H and O–H groups in total. The van der Waals surface area contributed by atoms with Gasteiger partial charge in [-0.15, -0.1) is 0 Å². The third kappa shape index (κ3) is 2.75. The molecule has 102 valence electrons. The van der Waals surface area contributed by atoms with Crippen molar-refractivity contribution < 1.29 is 4.79 Å². The predicted molar refractivity (Wildman–Crippen MR) is 86.3 cm³/mol. The molecule has 3 aromatic rings. The average molecular weight is 273 g/mol. The fourth-order valence-corrected chi connectivity index (χ4v) is 2.33. The average Bonchev–Trinajstić information content (AvgIpc) is 2.53. The van der Waals surface area contributed by atoms with Crippen LogP contribution < -0.4 is 0 Å². The normalized spacial score (nSPS) is 11.1. The first kappa shape index (κ1) is 13.3. The highest BCUT2D eigenvalue weighted by Crippen LogP contribution is 2.17. The maximum absolute atomic E-state index is 12.4. The second kappa shape index (κ2) is 5.71. The standard InChI is InChI=1S/C19H15NO/c1-14-6-2-3-7-15(14)11-12-18(21)17-10-4-8-16-9-5-13-20-19(16)17/h2-13H,1H3/b12-11+. The molecular formula is C19H15NO. The third-order valence-corrected chi connectivity index (χ3v) is 3.50. The van der Waals surface area contributed by atoms with Gasteiger partial charge in [-0.1, -0.05) is 48.5 Å². The number of hydrogen-bond donors (Lipinski definition) is 0. The highest BCUT2D eigenvalue weighted by Gasteiger charge is 2.07. The van der Waals surface area contributed by atoms with Gasteiger partial charge >= 0.3 is 0 Å². The third-order valence-electron chi connectivity index (χ3n) is 3.50. The number of hydrogen-bond acceptors (Lipinski definition) is 2. The predicted octanol–water partition coefficient (Wildman–Crippen LogP) is 4.44. The highest BCUT2D eigenvalue weighted by atomic mass is 16.1. The number of benzene rings is 2. The van der Waals surface area contributed by atoms with Crippen molar-refractivity contribution in [3.8, 4) is 0 Å². The van der Waals surface area contributed by atoms with E-state index in [1.54, 1.807) is 12.3 Å². The summed E-state index contributed by atoms with van der Waals surface area (Å²) in [5.41, 5.74) is 3.59. The van der Waals surface area contributed by atoms with Crippen LogP contribution in [-0.2, 0) is 0 Å². The molecule has 0 radical (unpaired) electrons. The van der Waals surface area contributed by atoms with Crippen LogP contribution in [0.4, 0.5) is 0 Å². The van der Waals surface area contributed by atoms with E-state index in [-0.39, 0.29) is 5.78 Å². The van der Waals surface area contributed by atoms with Gasteiger partial charge in [0.05, 0.1) is 5.52 Å². The molecule has 0 unspecified atom stereocenters. The minimum Gasteiger partial charge on any atom is -0.289 e. The van der Waals surface area contributed by atoms with Crippen molar-refractivity contribution in [2.24, 2.45) is 0 Å². The molecular weight excluding hydrogens is 258 g/mol. The molecule has 1 heterocycles. The summed E-state index contributed by atoms with van der Waals surface area (Å²) in [6, 6.07) is 17.5. The number of aryl methyl sites for hydroxylation is 1. The Morgan fingerprint density at radius 1 is 1.00 bits per heavy atom. The van der Waals surface area contributed by atoms with E-state index in [2.05, 4.69) is 4.98 Å². The Bertz CT molecular complexity index is 828. The van der Waals surface area contributed by atoms with Crippen LogP contribution in [0.3, 0.4) is 0 Å². The molecule has 0 aliphatic rings. The van der Waals surface area contributed by atoms with Gasteiger partial charge in [-0.2, -0.15) is 0 Å². The number of carbonyl (C=O) groups is 1. The summed E-state index contributed by atoms with van der Waals surface area (Å²) >= 11 is 0. The van der Waals surface area contributed by atoms with Crippen molar-refractivity contribution in [2.45, 2.75) is 6.92 Å². The first-order chi connectivity index (χ1) is 10.3. The van der Waals surface area contributed by atoms with Gasteiger partial charge in [0.15, 0.2) is 5.78 Å². The van der Waals surface area contributed by atoms with E-state index in [0.717, 1.165) is 22.0 Å². The van der Waals surface area contributed by atoms with Crippen molar-refractivity contribution in [3.63, 3.8) is 0 Å². The van der Waals surface area contributed by atoms with Crippen molar-refractivity contribution in [2.75, 3.05) is 0 Å². The summed E-state index contributed by atoms with van der Waals surface area (Å²) in [4.78, 5) is 16.7. The summed E-state index contributed by atoms with van der Waals surface area (Å²) < 4.78 is 0. The Morgan fingerprint density at radius 3 is 2.67 bits per heavy atom. The van der Waals surface area contributed by atoms with Crippen molar-refractivity contribution >= 4 is 22.8 Å². The summed E-state index contributed by atoms with van der Waals surface area (Å²) in [6.07, 6.45) is 5.19. The number of para-hydroxylation sites is 1. The second-order valence-corrected chi connectivity index (χ2v) is 4.93. The fraction of sp³-hybridized carbons (Fsp3) is 0.0526. The van der Waals surface area contributed by atoms with E-state index in [4.69, 9.17) is 0 Å². The summed E-state index contributed by atoms with van der Waals surface area (Å²) in [5.74, 6) is -0.0254. The highest BCUT2D eigenvalue weighted by molar-refractivity contribution is 6.13. The lowest BCUT2D eigenvalue weighted by Gasteiger charge is -2.02. The van der Waals surface area contributed by atoms with Gasteiger partial charge in [0, 0.05) is 17.1 Å². The number of carbonyl (C=O) groups excluding carboxylic acids is 1. The first-order valence-corrected chi connectivity index (χ1v) is 6.87. The number of pyridine rings is 1. The zero-order valence-electron chi connectivity index (χ0n) is 11.8. The minimum absolute atomic E-state index is 0.0254. The lowest BCUT2D eigenvalue weighted by Crippen LogP contribution is -1.97. The van der Waals surface area contributed by atoms with Crippen LogP contribution in [-0.4, -0.2) is 10.8 Å². The molecule has 21 heavy (non-hydrogen) atoms. The maximum Gasteiger partial charge on any atom is 0.188 e. The SMILES string of the molecule is Cc1ccccc1/C=C/C(=O)c1cccc2cccnc12. The van der Waals surface area contributed by atoms with Crippen LogP contribution in [0.25, 0.3) is 17.0 Å². The van der Waals surface area contributed by atoms with Crippen LogP contribution in [0.1, 0.15) is 21.5 Å². The molecule has 0 spiro atoms. The molecule has 2 heteroatoms. The van der Waals surface area contributed by atoms with E-state index in [1.165, 1.54) is 0 Å². The number of ketones is 1. The van der Waals surface area contributed by atoms with Gasteiger partial charge < -0.3 is 0 Å².